The maximum atomic E-state index is 12.6. The monoisotopic (exact) mass is 375 g/mol. The zero-order valence-corrected chi connectivity index (χ0v) is 15.7. The third-order valence-electron chi connectivity index (χ3n) is 4.18. The molecule has 0 bridgehead atoms. The molecular formula is C19H21NO5S. The second-order valence-corrected chi connectivity index (χ2v) is 7.66. The summed E-state index contributed by atoms with van der Waals surface area (Å²) >= 11 is 0. The smallest absolute Gasteiger partial charge is 0.240 e. The first-order valence-electron chi connectivity index (χ1n) is 8.10. The van der Waals surface area contributed by atoms with E-state index in [9.17, 15) is 8.42 Å². The van der Waals surface area contributed by atoms with Crippen molar-refractivity contribution in [3.63, 3.8) is 0 Å². The van der Waals surface area contributed by atoms with Gasteiger partial charge in [-0.1, -0.05) is 18.2 Å². The van der Waals surface area contributed by atoms with E-state index in [1.807, 2.05) is 30.3 Å². The lowest BCUT2D eigenvalue weighted by Gasteiger charge is -2.14. The Morgan fingerprint density at radius 1 is 1.12 bits per heavy atom. The number of benzene rings is 2. The van der Waals surface area contributed by atoms with Crippen LogP contribution >= 0.6 is 0 Å². The number of furan rings is 1. The Morgan fingerprint density at radius 3 is 2.54 bits per heavy atom. The third-order valence-corrected chi connectivity index (χ3v) is 5.60. The maximum absolute atomic E-state index is 12.6. The fraction of sp³-hybridized carbons (Fsp3) is 0.263. The molecule has 0 unspecified atom stereocenters. The van der Waals surface area contributed by atoms with Crippen LogP contribution in [0.4, 0.5) is 0 Å². The molecule has 0 aliphatic carbocycles. The van der Waals surface area contributed by atoms with E-state index in [0.717, 1.165) is 16.5 Å². The van der Waals surface area contributed by atoms with E-state index in [4.69, 9.17) is 13.9 Å². The molecule has 3 rings (SSSR count). The van der Waals surface area contributed by atoms with Gasteiger partial charge in [0, 0.05) is 19.0 Å². The van der Waals surface area contributed by atoms with Crippen molar-refractivity contribution in [1.82, 2.24) is 4.72 Å². The van der Waals surface area contributed by atoms with Crippen LogP contribution in [0.3, 0.4) is 0 Å². The number of fused-ring (bicyclic) bond motifs is 1. The highest BCUT2D eigenvalue weighted by Gasteiger charge is 2.21. The molecule has 7 heteroatoms. The van der Waals surface area contributed by atoms with Gasteiger partial charge in [-0.3, -0.25) is 0 Å². The van der Waals surface area contributed by atoms with Crippen molar-refractivity contribution in [2.75, 3.05) is 20.8 Å². The number of aryl methyl sites for hydroxylation is 1. The minimum Gasteiger partial charge on any atom is -0.496 e. The van der Waals surface area contributed by atoms with Gasteiger partial charge in [0.15, 0.2) is 0 Å². The van der Waals surface area contributed by atoms with Crippen LogP contribution in [0.25, 0.3) is 11.0 Å². The molecule has 0 aliphatic rings. The Balaban J connectivity index is 1.77. The van der Waals surface area contributed by atoms with E-state index in [1.165, 1.54) is 13.2 Å². The number of hydrogen-bond acceptors (Lipinski definition) is 5. The van der Waals surface area contributed by atoms with Crippen LogP contribution in [0.15, 0.2) is 57.8 Å². The molecule has 0 saturated carbocycles. The second-order valence-electron chi connectivity index (χ2n) is 5.89. The number of rotatable bonds is 7. The largest absolute Gasteiger partial charge is 0.496 e. The first-order chi connectivity index (χ1) is 12.4. The summed E-state index contributed by atoms with van der Waals surface area (Å²) in [4.78, 5) is 0.176. The molecule has 2 aromatic carbocycles. The van der Waals surface area contributed by atoms with Gasteiger partial charge in [-0.25, -0.2) is 13.1 Å². The molecule has 0 fully saturated rings. The van der Waals surface area contributed by atoms with Crippen LogP contribution < -0.4 is 9.46 Å². The van der Waals surface area contributed by atoms with Gasteiger partial charge < -0.3 is 13.9 Å². The highest BCUT2D eigenvalue weighted by molar-refractivity contribution is 7.89. The topological polar surface area (TPSA) is 77.8 Å². The minimum atomic E-state index is -3.68. The van der Waals surface area contributed by atoms with Gasteiger partial charge in [0.2, 0.25) is 10.0 Å². The summed E-state index contributed by atoms with van der Waals surface area (Å²) in [5.74, 6) is 1.21. The summed E-state index contributed by atoms with van der Waals surface area (Å²) < 4.78 is 44.1. The van der Waals surface area contributed by atoms with Gasteiger partial charge in [-0.05, 0) is 42.8 Å². The number of methoxy groups -OCH3 is 2. The number of ether oxygens (including phenoxy) is 2. The van der Waals surface area contributed by atoms with E-state index < -0.39 is 16.1 Å². The molecule has 1 aromatic heterocycles. The summed E-state index contributed by atoms with van der Waals surface area (Å²) in [6, 6.07) is 14.2. The summed E-state index contributed by atoms with van der Waals surface area (Å²) in [6.07, 6.45) is -0.531. The van der Waals surface area contributed by atoms with Crippen molar-refractivity contribution in [1.29, 1.82) is 0 Å². The van der Waals surface area contributed by atoms with Crippen LogP contribution in [-0.2, 0) is 14.8 Å². The lowest BCUT2D eigenvalue weighted by atomic mass is 10.2. The van der Waals surface area contributed by atoms with E-state index in [1.54, 1.807) is 26.2 Å². The molecular weight excluding hydrogens is 354 g/mol. The van der Waals surface area contributed by atoms with Crippen molar-refractivity contribution >= 4 is 21.0 Å². The van der Waals surface area contributed by atoms with Gasteiger partial charge in [0.25, 0.3) is 0 Å². The van der Waals surface area contributed by atoms with E-state index in [2.05, 4.69) is 4.72 Å². The Hall–Kier alpha value is -2.35. The third kappa shape index (κ3) is 3.75. The Kier molecular flexibility index (Phi) is 5.31. The zero-order chi connectivity index (χ0) is 18.7. The van der Waals surface area contributed by atoms with Crippen molar-refractivity contribution in [3.8, 4) is 5.75 Å². The Bertz CT molecular complexity index is 977. The van der Waals surface area contributed by atoms with Gasteiger partial charge in [0.05, 0.1) is 12.0 Å². The van der Waals surface area contributed by atoms with E-state index in [0.29, 0.717) is 11.5 Å². The van der Waals surface area contributed by atoms with Crippen molar-refractivity contribution < 1.29 is 22.3 Å². The molecule has 26 heavy (non-hydrogen) atoms. The van der Waals surface area contributed by atoms with Crippen LogP contribution in [-0.4, -0.2) is 29.2 Å². The fourth-order valence-electron chi connectivity index (χ4n) is 2.75. The quantitative estimate of drug-likeness (QED) is 0.685. The van der Waals surface area contributed by atoms with Crippen LogP contribution in [0.5, 0.6) is 5.75 Å². The van der Waals surface area contributed by atoms with Gasteiger partial charge in [-0.2, -0.15) is 0 Å². The predicted molar refractivity (Wildman–Crippen MR) is 98.9 cm³/mol. The second kappa shape index (κ2) is 7.49. The number of sulfonamides is 1. The molecule has 3 aromatic rings. The maximum Gasteiger partial charge on any atom is 0.240 e. The normalized spacial score (nSPS) is 13.0. The Labute approximate surface area is 152 Å². The molecule has 138 valence electrons. The molecule has 1 atom stereocenters. The lowest BCUT2D eigenvalue weighted by molar-refractivity contribution is 0.0893. The zero-order valence-electron chi connectivity index (χ0n) is 14.9. The highest BCUT2D eigenvalue weighted by Crippen LogP contribution is 2.26. The summed E-state index contributed by atoms with van der Waals surface area (Å²) in [5, 5.41) is 0.943. The molecule has 0 saturated heterocycles. The summed E-state index contributed by atoms with van der Waals surface area (Å²) in [7, 11) is -0.614. The van der Waals surface area contributed by atoms with E-state index >= 15 is 0 Å². The first kappa shape index (κ1) is 18.4. The molecule has 0 radical (unpaired) electrons. The van der Waals surface area contributed by atoms with Crippen LogP contribution in [0.1, 0.15) is 17.4 Å². The van der Waals surface area contributed by atoms with Crippen LogP contribution in [0.2, 0.25) is 0 Å². The summed E-state index contributed by atoms with van der Waals surface area (Å²) in [5.41, 5.74) is 1.48. The lowest BCUT2D eigenvalue weighted by Crippen LogP contribution is -2.29. The number of hydrogen-bond donors (Lipinski definition) is 1. The highest BCUT2D eigenvalue weighted by atomic mass is 32.2. The van der Waals surface area contributed by atoms with Gasteiger partial charge in [-0.15, -0.1) is 0 Å². The standard InChI is InChI=1S/C19H21NO5S/c1-13-10-15(8-9-16(13)23-2)26(21,22)20-12-19(24-3)18-11-14-6-4-5-7-17(14)25-18/h4-11,19-20H,12H2,1-3H3/t19-/m1/s1. The first-order valence-corrected chi connectivity index (χ1v) is 9.58. The molecule has 0 aliphatic heterocycles. The predicted octanol–water partition coefficient (Wildman–Crippen LogP) is 3.42. The molecule has 6 nitrogen and oxygen atoms in total. The van der Waals surface area contributed by atoms with Gasteiger partial charge in [0.1, 0.15) is 23.2 Å². The SMILES string of the molecule is COc1ccc(S(=O)(=O)NC[C@@H](OC)c2cc3ccccc3o2)cc1C. The average molecular weight is 375 g/mol. The number of para-hydroxylation sites is 1. The van der Waals surface area contributed by atoms with E-state index in [-0.39, 0.29) is 11.4 Å². The Morgan fingerprint density at radius 2 is 1.88 bits per heavy atom. The average Bonchev–Trinajstić information content (AvgIpc) is 3.06. The van der Waals surface area contributed by atoms with Gasteiger partial charge >= 0.3 is 0 Å². The van der Waals surface area contributed by atoms with Crippen molar-refractivity contribution in [2.24, 2.45) is 0 Å². The minimum absolute atomic E-state index is 0.0593. The molecule has 0 spiro atoms. The summed E-state index contributed by atoms with van der Waals surface area (Å²) in [6.45, 7) is 1.86. The molecule has 1 heterocycles. The fourth-order valence-corrected chi connectivity index (χ4v) is 3.86. The van der Waals surface area contributed by atoms with Crippen molar-refractivity contribution in [2.45, 2.75) is 17.9 Å². The molecule has 1 N–H and O–H groups in total. The van der Waals surface area contributed by atoms with Crippen molar-refractivity contribution in [3.05, 3.63) is 59.9 Å². The number of nitrogens with one attached hydrogen (secondary N) is 1. The van der Waals surface area contributed by atoms with Crippen LogP contribution in [0, 0.1) is 6.92 Å². The molecule has 0 amide bonds.